The van der Waals surface area contributed by atoms with E-state index in [4.69, 9.17) is 9.84 Å². The maximum absolute atomic E-state index is 11.5. The van der Waals surface area contributed by atoms with Crippen LogP contribution in [0.15, 0.2) is 0 Å². The number of nitrogens with zero attached hydrogens (tertiary/aromatic N) is 1. The lowest BCUT2D eigenvalue weighted by Gasteiger charge is -2.22. The predicted molar refractivity (Wildman–Crippen MR) is 51.8 cm³/mol. The number of hydrogen-bond donors (Lipinski definition) is 2. The Morgan fingerprint density at radius 3 is 3.00 bits per heavy atom. The van der Waals surface area contributed by atoms with Crippen LogP contribution in [0.2, 0.25) is 0 Å². The molecule has 5 nitrogen and oxygen atoms in total. The summed E-state index contributed by atoms with van der Waals surface area (Å²) in [6, 6.07) is -0.159. The van der Waals surface area contributed by atoms with Gasteiger partial charge in [-0.15, -0.1) is 0 Å². The molecule has 0 aromatic heterocycles. The van der Waals surface area contributed by atoms with E-state index in [1.54, 1.807) is 4.90 Å². The van der Waals surface area contributed by atoms with Gasteiger partial charge in [-0.1, -0.05) is 0 Å². The van der Waals surface area contributed by atoms with E-state index in [0.29, 0.717) is 13.1 Å². The largest absolute Gasteiger partial charge is 0.395 e. The molecule has 2 amide bonds. The Kier molecular flexibility index (Phi) is 4.69. The van der Waals surface area contributed by atoms with Gasteiger partial charge in [-0.3, -0.25) is 0 Å². The van der Waals surface area contributed by atoms with E-state index in [1.807, 2.05) is 6.92 Å². The summed E-state index contributed by atoms with van der Waals surface area (Å²) in [4.78, 5) is 13.1. The zero-order valence-electron chi connectivity index (χ0n) is 8.53. The van der Waals surface area contributed by atoms with Crippen LogP contribution in [0.1, 0.15) is 19.8 Å². The van der Waals surface area contributed by atoms with Crippen LogP contribution in [0.4, 0.5) is 4.79 Å². The van der Waals surface area contributed by atoms with E-state index in [9.17, 15) is 4.79 Å². The molecule has 14 heavy (non-hydrogen) atoms. The Morgan fingerprint density at radius 2 is 2.50 bits per heavy atom. The molecular formula is C9H18N2O3. The summed E-state index contributed by atoms with van der Waals surface area (Å²) in [5.74, 6) is 0. The molecule has 0 spiro atoms. The number of hydrogen-bond acceptors (Lipinski definition) is 3. The van der Waals surface area contributed by atoms with Crippen LogP contribution >= 0.6 is 0 Å². The highest BCUT2D eigenvalue weighted by Crippen LogP contribution is 2.09. The van der Waals surface area contributed by atoms with Gasteiger partial charge in [-0.25, -0.2) is 4.79 Å². The summed E-state index contributed by atoms with van der Waals surface area (Å²) in [6.45, 7) is 3.56. The monoisotopic (exact) mass is 202 g/mol. The molecule has 0 aromatic rings. The maximum Gasteiger partial charge on any atom is 0.319 e. The Balaban J connectivity index is 2.30. The molecule has 5 heteroatoms. The Hall–Kier alpha value is -0.810. The van der Waals surface area contributed by atoms with Gasteiger partial charge in [0.05, 0.1) is 6.61 Å². The van der Waals surface area contributed by atoms with Gasteiger partial charge in [-0.2, -0.15) is 0 Å². The molecular weight excluding hydrogens is 184 g/mol. The van der Waals surface area contributed by atoms with Crippen molar-refractivity contribution in [2.45, 2.75) is 26.0 Å². The predicted octanol–water partition coefficient (Wildman–Crippen LogP) is 0.147. The molecule has 1 rings (SSSR count). The van der Waals surface area contributed by atoms with Gasteiger partial charge >= 0.3 is 6.03 Å². The maximum atomic E-state index is 11.5. The SMILES string of the molecule is CCN(CCO)C(=O)NC1CCCO1. The third-order valence-corrected chi connectivity index (χ3v) is 2.25. The van der Waals surface area contributed by atoms with Crippen molar-refractivity contribution >= 4 is 6.03 Å². The summed E-state index contributed by atoms with van der Waals surface area (Å²) < 4.78 is 5.28. The minimum absolute atomic E-state index is 0.00716. The normalized spacial score (nSPS) is 20.9. The van der Waals surface area contributed by atoms with E-state index >= 15 is 0 Å². The average Bonchev–Trinajstić information content (AvgIpc) is 2.66. The van der Waals surface area contributed by atoms with Crippen molar-refractivity contribution in [1.29, 1.82) is 0 Å². The molecule has 1 heterocycles. The first-order valence-electron chi connectivity index (χ1n) is 5.05. The second-order valence-corrected chi connectivity index (χ2v) is 3.25. The minimum Gasteiger partial charge on any atom is -0.395 e. The van der Waals surface area contributed by atoms with Crippen molar-refractivity contribution in [3.05, 3.63) is 0 Å². The van der Waals surface area contributed by atoms with Crippen LogP contribution in [0, 0.1) is 0 Å². The third kappa shape index (κ3) is 3.16. The summed E-state index contributed by atoms with van der Waals surface area (Å²) >= 11 is 0. The van der Waals surface area contributed by atoms with Gasteiger partial charge in [-0.05, 0) is 19.8 Å². The van der Waals surface area contributed by atoms with Crippen LogP contribution in [0.5, 0.6) is 0 Å². The molecule has 0 aromatic carbocycles. The Bertz CT molecular complexity index is 181. The number of aliphatic hydroxyl groups excluding tert-OH is 1. The van der Waals surface area contributed by atoms with Crippen molar-refractivity contribution in [3.8, 4) is 0 Å². The lowest BCUT2D eigenvalue weighted by molar-refractivity contribution is 0.0824. The van der Waals surface area contributed by atoms with Crippen molar-refractivity contribution in [3.63, 3.8) is 0 Å². The summed E-state index contributed by atoms with van der Waals surface area (Å²) in [6.07, 6.45) is 1.73. The molecule has 1 fully saturated rings. The fourth-order valence-corrected chi connectivity index (χ4v) is 1.44. The number of likely N-dealkylation sites (N-methyl/N-ethyl adjacent to an activating group) is 1. The fourth-order valence-electron chi connectivity index (χ4n) is 1.44. The molecule has 1 unspecified atom stereocenters. The van der Waals surface area contributed by atoms with E-state index in [-0.39, 0.29) is 18.9 Å². The molecule has 0 radical (unpaired) electrons. The first kappa shape index (κ1) is 11.3. The van der Waals surface area contributed by atoms with E-state index in [2.05, 4.69) is 5.32 Å². The van der Waals surface area contributed by atoms with Gasteiger partial charge in [0, 0.05) is 19.7 Å². The molecule has 1 aliphatic rings. The first-order valence-corrected chi connectivity index (χ1v) is 5.05. The number of aliphatic hydroxyl groups is 1. The van der Waals surface area contributed by atoms with Crippen LogP contribution < -0.4 is 5.32 Å². The molecule has 1 atom stereocenters. The zero-order chi connectivity index (χ0) is 10.4. The third-order valence-electron chi connectivity index (χ3n) is 2.25. The molecule has 0 aliphatic carbocycles. The highest BCUT2D eigenvalue weighted by atomic mass is 16.5. The summed E-state index contributed by atoms with van der Waals surface area (Å²) in [5, 5.41) is 11.5. The van der Waals surface area contributed by atoms with Gasteiger partial charge in [0.1, 0.15) is 6.23 Å². The number of ether oxygens (including phenoxy) is 1. The number of carbonyl (C=O) groups excluding carboxylic acids is 1. The molecule has 0 bridgehead atoms. The zero-order valence-corrected chi connectivity index (χ0v) is 8.53. The molecule has 82 valence electrons. The van der Waals surface area contributed by atoms with Gasteiger partial charge < -0.3 is 20.1 Å². The quantitative estimate of drug-likeness (QED) is 0.682. The van der Waals surface area contributed by atoms with Crippen molar-refractivity contribution < 1.29 is 14.6 Å². The van der Waals surface area contributed by atoms with Crippen LogP contribution in [0.25, 0.3) is 0 Å². The number of urea groups is 1. The standard InChI is InChI=1S/C9H18N2O3/c1-2-11(5-6-12)9(13)10-8-4-3-7-14-8/h8,12H,2-7H2,1H3,(H,10,13). The van der Waals surface area contributed by atoms with E-state index in [1.165, 1.54) is 0 Å². The average molecular weight is 202 g/mol. The highest BCUT2D eigenvalue weighted by Gasteiger charge is 2.20. The van der Waals surface area contributed by atoms with Crippen molar-refractivity contribution in [2.24, 2.45) is 0 Å². The van der Waals surface area contributed by atoms with Crippen LogP contribution in [-0.4, -0.2) is 48.6 Å². The summed E-state index contributed by atoms with van der Waals surface area (Å²) in [5.41, 5.74) is 0. The smallest absolute Gasteiger partial charge is 0.319 e. The van der Waals surface area contributed by atoms with E-state index < -0.39 is 0 Å². The molecule has 1 aliphatic heterocycles. The second kappa shape index (κ2) is 5.82. The number of carbonyl (C=O) groups is 1. The van der Waals surface area contributed by atoms with Gasteiger partial charge in [0.15, 0.2) is 0 Å². The van der Waals surface area contributed by atoms with Crippen molar-refractivity contribution in [1.82, 2.24) is 10.2 Å². The topological polar surface area (TPSA) is 61.8 Å². The number of rotatable bonds is 4. The minimum atomic E-state index is -0.159. The van der Waals surface area contributed by atoms with Crippen LogP contribution in [0.3, 0.4) is 0 Å². The summed E-state index contributed by atoms with van der Waals surface area (Å²) in [7, 11) is 0. The van der Waals surface area contributed by atoms with Crippen LogP contribution in [-0.2, 0) is 4.74 Å². The van der Waals surface area contributed by atoms with E-state index in [0.717, 1.165) is 19.4 Å². The highest BCUT2D eigenvalue weighted by molar-refractivity contribution is 5.74. The molecule has 0 saturated carbocycles. The Labute approximate surface area is 84.0 Å². The van der Waals surface area contributed by atoms with Gasteiger partial charge in [0.2, 0.25) is 0 Å². The van der Waals surface area contributed by atoms with Gasteiger partial charge in [0.25, 0.3) is 0 Å². The second-order valence-electron chi connectivity index (χ2n) is 3.25. The van der Waals surface area contributed by atoms with Crippen molar-refractivity contribution in [2.75, 3.05) is 26.3 Å². The number of amides is 2. The Morgan fingerprint density at radius 1 is 1.71 bits per heavy atom. The number of nitrogens with one attached hydrogen (secondary N) is 1. The molecule has 2 N–H and O–H groups in total. The molecule has 1 saturated heterocycles. The lowest BCUT2D eigenvalue weighted by atomic mass is 10.3. The first-order chi connectivity index (χ1) is 6.77. The lowest BCUT2D eigenvalue weighted by Crippen LogP contribution is -2.45. The fraction of sp³-hybridized carbons (Fsp3) is 0.889.